The monoisotopic (exact) mass is 236 g/mol. The van der Waals surface area contributed by atoms with E-state index in [4.69, 9.17) is 23.2 Å². The van der Waals surface area contributed by atoms with Crippen molar-refractivity contribution < 1.29 is 13.9 Å². The number of hydrogen-bond donors (Lipinski definition) is 0. The van der Waals surface area contributed by atoms with Crippen LogP contribution in [-0.2, 0) is 9.53 Å². The third kappa shape index (κ3) is 2.36. The Morgan fingerprint density at radius 1 is 1.57 bits per heavy atom. The van der Waals surface area contributed by atoms with Gasteiger partial charge < -0.3 is 4.74 Å². The number of rotatable bonds is 2. The van der Waals surface area contributed by atoms with Crippen molar-refractivity contribution in [2.75, 3.05) is 7.11 Å². The van der Waals surface area contributed by atoms with E-state index in [1.807, 2.05) is 0 Å². The molecule has 0 heterocycles. The molecule has 0 aromatic heterocycles. The van der Waals surface area contributed by atoms with Crippen LogP contribution in [0.3, 0.4) is 0 Å². The molecule has 1 rings (SSSR count). The first-order chi connectivity index (χ1) is 6.56. The van der Waals surface area contributed by atoms with E-state index in [0.29, 0.717) is 5.56 Å². The fourth-order valence-electron chi connectivity index (χ4n) is 0.937. The third-order valence-corrected chi connectivity index (χ3v) is 2.38. The first-order valence-electron chi connectivity index (χ1n) is 3.73. The maximum Gasteiger partial charge on any atom is 0.328 e. The second-order valence-corrected chi connectivity index (χ2v) is 3.40. The Labute approximate surface area is 90.6 Å². The smallest absolute Gasteiger partial charge is 0.328 e. The molecule has 2 nitrogen and oxygen atoms in total. The Morgan fingerprint density at radius 2 is 2.21 bits per heavy atom. The van der Waals surface area contributed by atoms with Gasteiger partial charge in [-0.2, -0.15) is 0 Å². The van der Waals surface area contributed by atoms with Crippen LogP contribution >= 0.6 is 23.2 Å². The zero-order valence-corrected chi connectivity index (χ0v) is 8.77. The number of alkyl halides is 1. The summed E-state index contributed by atoms with van der Waals surface area (Å²) in [6, 6.07) is 3.63. The van der Waals surface area contributed by atoms with Crippen LogP contribution in [0, 0.1) is 5.82 Å². The molecule has 0 radical (unpaired) electrons. The molecule has 0 aliphatic rings. The zero-order valence-electron chi connectivity index (χ0n) is 7.26. The van der Waals surface area contributed by atoms with Gasteiger partial charge in [-0.15, -0.1) is 11.6 Å². The van der Waals surface area contributed by atoms with Gasteiger partial charge in [-0.25, -0.2) is 4.39 Å². The lowest BCUT2D eigenvalue weighted by atomic mass is 10.1. The van der Waals surface area contributed by atoms with Gasteiger partial charge in [0.05, 0.1) is 7.11 Å². The van der Waals surface area contributed by atoms with Crippen molar-refractivity contribution in [3.05, 3.63) is 34.6 Å². The summed E-state index contributed by atoms with van der Waals surface area (Å²) in [5.74, 6) is -1.10. The second-order valence-electron chi connectivity index (χ2n) is 2.55. The van der Waals surface area contributed by atoms with Crippen LogP contribution in [-0.4, -0.2) is 13.1 Å². The molecule has 0 aliphatic heterocycles. The maximum atomic E-state index is 12.7. The molecule has 0 spiro atoms. The summed E-state index contributed by atoms with van der Waals surface area (Å²) in [5, 5.41) is -0.900. The van der Waals surface area contributed by atoms with Crippen molar-refractivity contribution in [3.63, 3.8) is 0 Å². The summed E-state index contributed by atoms with van der Waals surface area (Å²) < 4.78 is 17.1. The first kappa shape index (κ1) is 11.3. The molecule has 1 aromatic rings. The average Bonchev–Trinajstić information content (AvgIpc) is 2.15. The first-order valence-corrected chi connectivity index (χ1v) is 4.54. The largest absolute Gasteiger partial charge is 0.468 e. The van der Waals surface area contributed by atoms with Gasteiger partial charge in [-0.05, 0) is 17.7 Å². The van der Waals surface area contributed by atoms with Crippen LogP contribution in [0.4, 0.5) is 4.39 Å². The highest BCUT2D eigenvalue weighted by molar-refractivity contribution is 6.35. The number of methoxy groups -OCH3 is 1. The van der Waals surface area contributed by atoms with Crippen LogP contribution in [0.1, 0.15) is 10.9 Å². The number of hydrogen-bond acceptors (Lipinski definition) is 2. The Kier molecular flexibility index (Phi) is 3.72. The predicted molar refractivity (Wildman–Crippen MR) is 52.0 cm³/mol. The number of halogens is 3. The van der Waals surface area contributed by atoms with Crippen LogP contribution in [0.15, 0.2) is 18.2 Å². The molecule has 0 amide bonds. The SMILES string of the molecule is COC(=O)C(Cl)c1ccc(F)cc1Cl. The minimum absolute atomic E-state index is 0.107. The molecule has 0 bridgehead atoms. The van der Waals surface area contributed by atoms with Crippen LogP contribution < -0.4 is 0 Å². The summed E-state index contributed by atoms with van der Waals surface area (Å²) in [5.41, 5.74) is 0.335. The topological polar surface area (TPSA) is 26.3 Å². The highest BCUT2D eigenvalue weighted by Gasteiger charge is 2.20. The highest BCUT2D eigenvalue weighted by atomic mass is 35.5. The lowest BCUT2D eigenvalue weighted by Gasteiger charge is -2.08. The van der Waals surface area contributed by atoms with Crippen LogP contribution in [0.5, 0.6) is 0 Å². The molecule has 1 atom stereocenters. The maximum absolute atomic E-state index is 12.7. The molecule has 0 saturated heterocycles. The van der Waals surface area contributed by atoms with E-state index >= 15 is 0 Å². The quantitative estimate of drug-likeness (QED) is 0.583. The lowest BCUT2D eigenvalue weighted by molar-refractivity contribution is -0.140. The zero-order chi connectivity index (χ0) is 10.7. The van der Waals surface area contributed by atoms with Crippen LogP contribution in [0.25, 0.3) is 0 Å². The summed E-state index contributed by atoms with van der Waals surface area (Å²) in [6.07, 6.45) is 0. The summed E-state index contributed by atoms with van der Waals surface area (Å²) in [4.78, 5) is 11.0. The molecular weight excluding hydrogens is 230 g/mol. The van der Waals surface area contributed by atoms with Crippen molar-refractivity contribution in [2.45, 2.75) is 5.38 Å². The van der Waals surface area contributed by atoms with E-state index in [1.165, 1.54) is 19.2 Å². The molecule has 5 heteroatoms. The standard InChI is InChI=1S/C9H7Cl2FO2/c1-14-9(13)8(11)6-3-2-5(12)4-7(6)10/h2-4,8H,1H3. The normalized spacial score (nSPS) is 12.3. The number of ether oxygens (including phenoxy) is 1. The fraction of sp³-hybridized carbons (Fsp3) is 0.222. The number of esters is 1. The molecule has 1 unspecified atom stereocenters. The Bertz CT molecular complexity index is 355. The van der Waals surface area contributed by atoms with Crippen molar-refractivity contribution in [2.24, 2.45) is 0 Å². The van der Waals surface area contributed by atoms with Crippen molar-refractivity contribution in [1.82, 2.24) is 0 Å². The van der Waals surface area contributed by atoms with Crippen LogP contribution in [0.2, 0.25) is 5.02 Å². The molecule has 1 aromatic carbocycles. The van der Waals surface area contributed by atoms with Crippen molar-refractivity contribution in [3.8, 4) is 0 Å². The molecule has 0 saturated carbocycles. The predicted octanol–water partition coefficient (Wildman–Crippen LogP) is 2.93. The fourth-order valence-corrected chi connectivity index (χ4v) is 1.55. The molecule has 76 valence electrons. The van der Waals surface area contributed by atoms with E-state index in [2.05, 4.69) is 4.74 Å². The molecule has 0 N–H and O–H groups in total. The highest BCUT2D eigenvalue weighted by Crippen LogP contribution is 2.29. The average molecular weight is 237 g/mol. The van der Waals surface area contributed by atoms with Gasteiger partial charge in [-0.1, -0.05) is 17.7 Å². The van der Waals surface area contributed by atoms with Gasteiger partial charge in [0.25, 0.3) is 0 Å². The lowest BCUT2D eigenvalue weighted by Crippen LogP contribution is -2.09. The summed E-state index contributed by atoms with van der Waals surface area (Å²) >= 11 is 11.4. The van der Waals surface area contributed by atoms with Gasteiger partial charge in [0.2, 0.25) is 0 Å². The molecular formula is C9H7Cl2FO2. The molecule has 0 aliphatic carbocycles. The minimum Gasteiger partial charge on any atom is -0.468 e. The van der Waals surface area contributed by atoms with E-state index in [0.717, 1.165) is 6.07 Å². The summed E-state index contributed by atoms with van der Waals surface area (Å²) in [7, 11) is 1.22. The molecule has 0 fully saturated rings. The minimum atomic E-state index is -1.01. The third-order valence-electron chi connectivity index (χ3n) is 1.64. The summed E-state index contributed by atoms with van der Waals surface area (Å²) in [6.45, 7) is 0. The van der Waals surface area contributed by atoms with E-state index in [-0.39, 0.29) is 5.02 Å². The van der Waals surface area contributed by atoms with Crippen molar-refractivity contribution in [1.29, 1.82) is 0 Å². The van der Waals surface area contributed by atoms with Crippen molar-refractivity contribution >= 4 is 29.2 Å². The van der Waals surface area contributed by atoms with Gasteiger partial charge in [-0.3, -0.25) is 4.79 Å². The Hall–Kier alpha value is -0.800. The molecule has 14 heavy (non-hydrogen) atoms. The Balaban J connectivity index is 3.01. The number of carbonyl (C=O) groups is 1. The van der Waals surface area contributed by atoms with E-state index in [1.54, 1.807) is 0 Å². The number of carbonyl (C=O) groups excluding carboxylic acids is 1. The van der Waals surface area contributed by atoms with Gasteiger partial charge in [0.15, 0.2) is 5.38 Å². The number of benzene rings is 1. The van der Waals surface area contributed by atoms with E-state index < -0.39 is 17.2 Å². The second kappa shape index (κ2) is 4.62. The van der Waals surface area contributed by atoms with E-state index in [9.17, 15) is 9.18 Å². The van der Waals surface area contributed by atoms with Gasteiger partial charge in [0.1, 0.15) is 5.82 Å². The van der Waals surface area contributed by atoms with Gasteiger partial charge >= 0.3 is 5.97 Å². The Morgan fingerprint density at radius 3 is 2.71 bits per heavy atom. The van der Waals surface area contributed by atoms with Gasteiger partial charge in [0, 0.05) is 5.02 Å².